The van der Waals surface area contributed by atoms with E-state index >= 15 is 0 Å². The summed E-state index contributed by atoms with van der Waals surface area (Å²) < 4.78 is 231. The standard InChI is InChI=1S/C16H12F18N2O2/c17-9(18,11(21,22)13(25,26)15(29,30)31)7(37)35-5-1-2-6(4-3-5)36-8(38)10(19,20)12(23,24)14(27,28)16(32,33)34/h5-6H,1-4H2,(H,35,37)(H,36,38). The molecule has 38 heavy (non-hydrogen) atoms. The van der Waals surface area contributed by atoms with Crippen molar-refractivity contribution < 1.29 is 88.6 Å². The van der Waals surface area contributed by atoms with Gasteiger partial charge in [0.25, 0.3) is 11.8 Å². The van der Waals surface area contributed by atoms with Crippen molar-refractivity contribution >= 4 is 11.8 Å². The number of rotatable bonds is 8. The predicted octanol–water partition coefficient (Wildman–Crippen LogP) is 5.47. The molecule has 1 fully saturated rings. The Kier molecular flexibility index (Phi) is 8.61. The summed E-state index contributed by atoms with van der Waals surface area (Å²) in [6, 6.07) is -3.57. The lowest BCUT2D eigenvalue weighted by atomic mass is 9.90. The van der Waals surface area contributed by atoms with E-state index in [-0.39, 0.29) is 0 Å². The van der Waals surface area contributed by atoms with Gasteiger partial charge in [-0.2, -0.15) is 79.0 Å². The van der Waals surface area contributed by atoms with Gasteiger partial charge >= 0.3 is 47.9 Å². The minimum Gasteiger partial charge on any atom is -0.348 e. The molecular weight excluding hydrogens is 594 g/mol. The molecule has 224 valence electrons. The second-order valence-corrected chi connectivity index (χ2v) is 7.94. The van der Waals surface area contributed by atoms with Crippen LogP contribution in [0.2, 0.25) is 0 Å². The second-order valence-electron chi connectivity index (χ2n) is 7.94. The highest BCUT2D eigenvalue weighted by atomic mass is 19.4. The van der Waals surface area contributed by atoms with Crippen LogP contribution in [0.15, 0.2) is 0 Å². The first-order valence-corrected chi connectivity index (χ1v) is 9.52. The second kappa shape index (κ2) is 9.70. The molecule has 2 amide bonds. The van der Waals surface area contributed by atoms with E-state index in [1.165, 1.54) is 0 Å². The van der Waals surface area contributed by atoms with Crippen LogP contribution in [0.1, 0.15) is 25.7 Å². The zero-order valence-corrected chi connectivity index (χ0v) is 17.6. The van der Waals surface area contributed by atoms with Gasteiger partial charge in [0.2, 0.25) is 0 Å². The minimum absolute atomic E-state index is 0.853. The average molecular weight is 606 g/mol. The van der Waals surface area contributed by atoms with Gasteiger partial charge in [-0.3, -0.25) is 9.59 Å². The van der Waals surface area contributed by atoms with Gasteiger partial charge in [0, 0.05) is 12.1 Å². The van der Waals surface area contributed by atoms with Gasteiger partial charge in [-0.15, -0.1) is 0 Å². The van der Waals surface area contributed by atoms with Crippen LogP contribution in [-0.2, 0) is 9.59 Å². The summed E-state index contributed by atoms with van der Waals surface area (Å²) in [5.74, 6) is -49.4. The molecule has 0 aromatic heterocycles. The van der Waals surface area contributed by atoms with Crippen molar-refractivity contribution in [2.45, 2.75) is 85.7 Å². The summed E-state index contributed by atoms with van der Waals surface area (Å²) in [5, 5.41) is 1.96. The SMILES string of the molecule is O=C(NC1CCC(NC(=O)C(F)(F)C(F)(F)C(F)(F)C(F)(F)F)CC1)C(F)(F)C(F)(F)C(F)(F)C(F)(F)F. The zero-order chi connectivity index (χ0) is 30.6. The topological polar surface area (TPSA) is 58.2 Å². The number of hydrogen-bond donors (Lipinski definition) is 2. The molecule has 0 radical (unpaired) electrons. The van der Waals surface area contributed by atoms with Gasteiger partial charge in [-0.25, -0.2) is 0 Å². The molecule has 1 aliphatic carbocycles. The van der Waals surface area contributed by atoms with Crippen molar-refractivity contribution in [2.75, 3.05) is 0 Å². The molecule has 1 saturated carbocycles. The van der Waals surface area contributed by atoms with Crippen LogP contribution >= 0.6 is 0 Å². The quantitative estimate of drug-likeness (QED) is 0.361. The summed E-state index contributed by atoms with van der Waals surface area (Å²) in [6.45, 7) is 0. The monoisotopic (exact) mass is 606 g/mol. The Morgan fingerprint density at radius 2 is 0.632 bits per heavy atom. The Labute approximate surface area is 198 Å². The molecule has 0 spiro atoms. The smallest absolute Gasteiger partial charge is 0.348 e. The average Bonchev–Trinajstić information content (AvgIpc) is 2.72. The molecule has 4 nitrogen and oxygen atoms in total. The Hall–Kier alpha value is -2.32. The Morgan fingerprint density at radius 3 is 0.816 bits per heavy atom. The number of amides is 2. The van der Waals surface area contributed by atoms with E-state index in [1.807, 2.05) is 0 Å². The highest BCUT2D eigenvalue weighted by Gasteiger charge is 2.85. The highest BCUT2D eigenvalue weighted by Crippen LogP contribution is 2.54. The molecular formula is C16H12F18N2O2. The van der Waals surface area contributed by atoms with Gasteiger partial charge in [0.15, 0.2) is 0 Å². The molecule has 2 N–H and O–H groups in total. The van der Waals surface area contributed by atoms with Crippen molar-refractivity contribution in [1.29, 1.82) is 0 Å². The summed E-state index contributed by atoms with van der Waals surface area (Å²) in [7, 11) is 0. The Morgan fingerprint density at radius 1 is 0.421 bits per heavy atom. The van der Waals surface area contributed by atoms with Gasteiger partial charge < -0.3 is 10.6 Å². The van der Waals surface area contributed by atoms with E-state index in [0.29, 0.717) is 0 Å². The van der Waals surface area contributed by atoms with E-state index in [4.69, 9.17) is 0 Å². The van der Waals surface area contributed by atoms with Gasteiger partial charge in [-0.1, -0.05) is 0 Å². The van der Waals surface area contributed by atoms with E-state index in [9.17, 15) is 88.6 Å². The fourth-order valence-electron chi connectivity index (χ4n) is 2.97. The van der Waals surface area contributed by atoms with Crippen LogP contribution in [0.3, 0.4) is 0 Å². The van der Waals surface area contributed by atoms with E-state index in [1.54, 1.807) is 0 Å². The molecule has 0 atom stereocenters. The minimum atomic E-state index is -7.39. The molecule has 0 bridgehead atoms. The Bertz CT molecular complexity index is 814. The number of nitrogens with one attached hydrogen (secondary N) is 2. The maximum absolute atomic E-state index is 13.6. The third-order valence-electron chi connectivity index (χ3n) is 5.26. The molecule has 0 heterocycles. The van der Waals surface area contributed by atoms with Crippen LogP contribution < -0.4 is 10.6 Å². The molecule has 22 heteroatoms. The summed E-state index contributed by atoms with van der Waals surface area (Å²) in [5.41, 5.74) is 0. The van der Waals surface area contributed by atoms with E-state index in [2.05, 4.69) is 0 Å². The van der Waals surface area contributed by atoms with Crippen LogP contribution in [0, 0.1) is 0 Å². The zero-order valence-electron chi connectivity index (χ0n) is 17.6. The maximum atomic E-state index is 13.6. The molecule has 0 unspecified atom stereocenters. The number of carbonyl (C=O) groups is 2. The highest BCUT2D eigenvalue weighted by molar-refractivity contribution is 5.85. The van der Waals surface area contributed by atoms with Crippen molar-refractivity contribution in [2.24, 2.45) is 0 Å². The summed E-state index contributed by atoms with van der Waals surface area (Å²) in [4.78, 5) is 22.7. The number of halogens is 18. The molecule has 0 aromatic carbocycles. The fourth-order valence-corrected chi connectivity index (χ4v) is 2.97. The first-order chi connectivity index (χ1) is 16.5. The largest absolute Gasteiger partial charge is 0.460 e. The van der Waals surface area contributed by atoms with Crippen LogP contribution in [-0.4, -0.2) is 71.8 Å². The number of alkyl halides is 18. The summed E-state index contributed by atoms with van der Waals surface area (Å²) >= 11 is 0. The number of hydrogen-bond acceptors (Lipinski definition) is 2. The van der Waals surface area contributed by atoms with E-state index < -0.39 is 97.5 Å². The first-order valence-electron chi connectivity index (χ1n) is 9.52. The lowest BCUT2D eigenvalue weighted by molar-refractivity contribution is -0.388. The molecule has 1 rings (SSSR count). The van der Waals surface area contributed by atoms with Gasteiger partial charge in [0.05, 0.1) is 0 Å². The van der Waals surface area contributed by atoms with Gasteiger partial charge in [-0.05, 0) is 25.7 Å². The third kappa shape index (κ3) is 5.39. The Balaban J connectivity index is 2.88. The van der Waals surface area contributed by atoms with Gasteiger partial charge in [0.1, 0.15) is 0 Å². The summed E-state index contributed by atoms with van der Waals surface area (Å²) in [6.07, 6.45) is -17.9. The first kappa shape index (κ1) is 33.7. The van der Waals surface area contributed by atoms with Crippen molar-refractivity contribution in [1.82, 2.24) is 10.6 Å². The predicted molar refractivity (Wildman–Crippen MR) is 84.1 cm³/mol. The normalized spacial score (nSPS) is 21.2. The van der Waals surface area contributed by atoms with Crippen molar-refractivity contribution in [3.63, 3.8) is 0 Å². The van der Waals surface area contributed by atoms with Crippen LogP contribution in [0.25, 0.3) is 0 Å². The van der Waals surface area contributed by atoms with Crippen LogP contribution in [0.4, 0.5) is 79.0 Å². The maximum Gasteiger partial charge on any atom is 0.460 e. The van der Waals surface area contributed by atoms with Crippen molar-refractivity contribution in [3.8, 4) is 0 Å². The lowest BCUT2D eigenvalue weighted by Crippen LogP contribution is -2.66. The molecule has 0 aromatic rings. The number of carbonyl (C=O) groups excluding carboxylic acids is 2. The molecule has 0 saturated heterocycles. The van der Waals surface area contributed by atoms with Crippen LogP contribution in [0.5, 0.6) is 0 Å². The lowest BCUT2D eigenvalue weighted by Gasteiger charge is -2.36. The third-order valence-corrected chi connectivity index (χ3v) is 5.26. The molecule has 0 aliphatic heterocycles. The van der Waals surface area contributed by atoms with E-state index in [0.717, 1.165) is 10.6 Å². The molecule has 1 aliphatic rings. The van der Waals surface area contributed by atoms with Crippen molar-refractivity contribution in [3.05, 3.63) is 0 Å². The fraction of sp³-hybridized carbons (Fsp3) is 0.875.